The van der Waals surface area contributed by atoms with Gasteiger partial charge in [0.25, 0.3) is 0 Å². The molecule has 0 bridgehead atoms. The van der Waals surface area contributed by atoms with Gasteiger partial charge in [-0.2, -0.15) is 0 Å². The third-order valence-electron chi connectivity index (χ3n) is 4.84. The Bertz CT molecular complexity index is 1050. The lowest BCUT2D eigenvalue weighted by Crippen LogP contribution is -2.24. The van der Waals surface area contributed by atoms with Gasteiger partial charge in [0.05, 0.1) is 5.25 Å². The van der Waals surface area contributed by atoms with Crippen molar-refractivity contribution in [2.24, 2.45) is 0 Å². The molecular formula is C25H27N3OS2. The molecule has 0 aliphatic heterocycles. The normalized spacial score (nSPS) is 11.5. The van der Waals surface area contributed by atoms with Crippen LogP contribution in [0.4, 0.5) is 17.1 Å². The fourth-order valence-electron chi connectivity index (χ4n) is 2.99. The summed E-state index contributed by atoms with van der Waals surface area (Å²) in [4.78, 5) is 13.8. The number of carbonyl (C=O) groups is 1. The molecule has 0 saturated heterocycles. The monoisotopic (exact) mass is 449 g/mol. The van der Waals surface area contributed by atoms with Crippen molar-refractivity contribution in [3.05, 3.63) is 83.9 Å². The van der Waals surface area contributed by atoms with Gasteiger partial charge in [0.1, 0.15) is 0 Å². The molecule has 1 unspecified atom stereocenters. The van der Waals surface area contributed by atoms with E-state index in [-0.39, 0.29) is 11.2 Å². The minimum Gasteiger partial charge on any atom is -0.332 e. The van der Waals surface area contributed by atoms with Gasteiger partial charge in [-0.1, -0.05) is 37.3 Å². The molecule has 0 radical (unpaired) electrons. The van der Waals surface area contributed by atoms with Crippen LogP contribution in [0.5, 0.6) is 0 Å². The summed E-state index contributed by atoms with van der Waals surface area (Å²) in [7, 11) is 0. The minimum atomic E-state index is -0.189. The number of hydrogen-bond donors (Lipinski definition) is 3. The van der Waals surface area contributed by atoms with E-state index in [2.05, 4.69) is 22.9 Å². The molecule has 4 nitrogen and oxygen atoms in total. The van der Waals surface area contributed by atoms with E-state index < -0.39 is 0 Å². The number of para-hydroxylation sites is 1. The summed E-state index contributed by atoms with van der Waals surface area (Å²) in [6, 6.07) is 23.7. The zero-order chi connectivity index (χ0) is 22.2. The van der Waals surface area contributed by atoms with Gasteiger partial charge in [0.15, 0.2) is 5.11 Å². The van der Waals surface area contributed by atoms with E-state index >= 15 is 0 Å². The second-order valence-electron chi connectivity index (χ2n) is 7.28. The number of carbonyl (C=O) groups excluding carboxylic acids is 1. The SMILES string of the molecule is CCC(Sc1cccc(NC(=S)Nc2ccccc2)c1)C(=O)Nc1ccc(C)c(C)c1. The molecule has 160 valence electrons. The number of anilines is 3. The highest BCUT2D eigenvalue weighted by Crippen LogP contribution is 2.29. The lowest BCUT2D eigenvalue weighted by atomic mass is 10.1. The molecule has 0 heterocycles. The van der Waals surface area contributed by atoms with Crippen molar-refractivity contribution >= 4 is 52.1 Å². The van der Waals surface area contributed by atoms with Crippen LogP contribution in [0.2, 0.25) is 0 Å². The maximum atomic E-state index is 12.8. The Hall–Kier alpha value is -2.83. The van der Waals surface area contributed by atoms with Crippen LogP contribution in [-0.2, 0) is 4.79 Å². The first-order valence-corrected chi connectivity index (χ1v) is 11.5. The Morgan fingerprint density at radius 3 is 2.23 bits per heavy atom. The molecule has 1 atom stereocenters. The summed E-state index contributed by atoms with van der Waals surface area (Å²) in [5, 5.41) is 9.76. The molecular weight excluding hydrogens is 422 g/mol. The fourth-order valence-corrected chi connectivity index (χ4v) is 4.24. The highest BCUT2D eigenvalue weighted by atomic mass is 32.2. The molecule has 3 aromatic rings. The summed E-state index contributed by atoms with van der Waals surface area (Å²) in [6.45, 7) is 6.14. The highest BCUT2D eigenvalue weighted by Gasteiger charge is 2.18. The van der Waals surface area contributed by atoms with Gasteiger partial charge in [-0.25, -0.2) is 0 Å². The zero-order valence-corrected chi connectivity index (χ0v) is 19.6. The lowest BCUT2D eigenvalue weighted by Gasteiger charge is -2.16. The summed E-state index contributed by atoms with van der Waals surface area (Å²) in [5.74, 6) is 0.00961. The van der Waals surface area contributed by atoms with Crippen molar-refractivity contribution in [2.75, 3.05) is 16.0 Å². The fraction of sp³-hybridized carbons (Fsp3) is 0.200. The summed E-state index contributed by atoms with van der Waals surface area (Å²) in [6.07, 6.45) is 0.729. The standard InChI is InChI=1S/C25H27N3OS2/c1-4-23(24(29)26-21-14-13-17(2)18(3)15-21)31-22-12-8-11-20(16-22)28-25(30)27-19-9-6-5-7-10-19/h5-16,23H,4H2,1-3H3,(H,26,29)(H2,27,28,30). The van der Waals surface area contributed by atoms with Gasteiger partial charge in [-0.15, -0.1) is 11.8 Å². The maximum Gasteiger partial charge on any atom is 0.237 e. The molecule has 3 aromatic carbocycles. The third-order valence-corrected chi connectivity index (χ3v) is 6.40. The van der Waals surface area contributed by atoms with Crippen molar-refractivity contribution in [1.29, 1.82) is 0 Å². The first kappa shape index (κ1) is 22.8. The molecule has 0 spiro atoms. The number of benzene rings is 3. The van der Waals surface area contributed by atoms with Crippen molar-refractivity contribution in [3.8, 4) is 0 Å². The molecule has 0 aromatic heterocycles. The quantitative estimate of drug-likeness (QED) is 0.279. The number of rotatable bonds is 7. The Labute approximate surface area is 193 Å². The van der Waals surface area contributed by atoms with Gasteiger partial charge < -0.3 is 16.0 Å². The molecule has 3 N–H and O–H groups in total. The van der Waals surface area contributed by atoms with Crippen LogP contribution in [-0.4, -0.2) is 16.3 Å². The predicted octanol–water partition coefficient (Wildman–Crippen LogP) is 6.62. The largest absolute Gasteiger partial charge is 0.332 e. The van der Waals surface area contributed by atoms with Gasteiger partial charge in [-0.3, -0.25) is 4.79 Å². The molecule has 0 saturated carbocycles. The number of hydrogen-bond acceptors (Lipinski definition) is 3. The minimum absolute atomic E-state index is 0.00961. The van der Waals surface area contributed by atoms with E-state index in [9.17, 15) is 4.79 Å². The number of thioether (sulfide) groups is 1. The van der Waals surface area contributed by atoms with E-state index in [1.807, 2.05) is 86.6 Å². The van der Waals surface area contributed by atoms with E-state index in [0.29, 0.717) is 5.11 Å². The second kappa shape index (κ2) is 11.0. The first-order chi connectivity index (χ1) is 14.9. The zero-order valence-electron chi connectivity index (χ0n) is 17.9. The average Bonchev–Trinajstić information content (AvgIpc) is 2.75. The molecule has 3 rings (SSSR count). The van der Waals surface area contributed by atoms with Crippen LogP contribution >= 0.6 is 24.0 Å². The Morgan fingerprint density at radius 1 is 0.839 bits per heavy atom. The highest BCUT2D eigenvalue weighted by molar-refractivity contribution is 8.00. The maximum absolute atomic E-state index is 12.8. The van der Waals surface area contributed by atoms with Gasteiger partial charge >= 0.3 is 0 Å². The van der Waals surface area contributed by atoms with Crippen LogP contribution in [0.3, 0.4) is 0 Å². The van der Waals surface area contributed by atoms with Crippen LogP contribution in [0.15, 0.2) is 77.7 Å². The number of amides is 1. The van der Waals surface area contributed by atoms with E-state index in [0.717, 1.165) is 33.9 Å². The molecule has 1 amide bonds. The van der Waals surface area contributed by atoms with Crippen molar-refractivity contribution in [1.82, 2.24) is 0 Å². The number of aryl methyl sites for hydroxylation is 2. The van der Waals surface area contributed by atoms with Crippen molar-refractivity contribution in [3.63, 3.8) is 0 Å². The second-order valence-corrected chi connectivity index (χ2v) is 8.96. The molecule has 6 heteroatoms. The number of thiocarbonyl (C=S) groups is 1. The van der Waals surface area contributed by atoms with Gasteiger partial charge in [-0.05, 0) is 86.1 Å². The van der Waals surface area contributed by atoms with Crippen LogP contribution in [0.25, 0.3) is 0 Å². The third kappa shape index (κ3) is 6.84. The van der Waals surface area contributed by atoms with Crippen LogP contribution in [0.1, 0.15) is 24.5 Å². The van der Waals surface area contributed by atoms with E-state index in [4.69, 9.17) is 12.2 Å². The first-order valence-electron chi connectivity index (χ1n) is 10.2. The topological polar surface area (TPSA) is 53.2 Å². The van der Waals surface area contributed by atoms with Crippen LogP contribution in [0, 0.1) is 13.8 Å². The summed E-state index contributed by atoms with van der Waals surface area (Å²) < 4.78 is 0. The summed E-state index contributed by atoms with van der Waals surface area (Å²) >= 11 is 6.97. The molecule has 0 aliphatic rings. The number of nitrogens with one attached hydrogen (secondary N) is 3. The summed E-state index contributed by atoms with van der Waals surface area (Å²) in [5.41, 5.74) is 5.02. The predicted molar refractivity (Wildman–Crippen MR) is 137 cm³/mol. The Balaban J connectivity index is 1.61. The average molecular weight is 450 g/mol. The van der Waals surface area contributed by atoms with E-state index in [1.54, 1.807) is 11.8 Å². The van der Waals surface area contributed by atoms with Crippen molar-refractivity contribution < 1.29 is 4.79 Å². The molecule has 0 aliphatic carbocycles. The smallest absolute Gasteiger partial charge is 0.237 e. The van der Waals surface area contributed by atoms with Gasteiger partial charge in [0.2, 0.25) is 5.91 Å². The van der Waals surface area contributed by atoms with Crippen molar-refractivity contribution in [2.45, 2.75) is 37.3 Å². The molecule has 31 heavy (non-hydrogen) atoms. The van der Waals surface area contributed by atoms with E-state index in [1.165, 1.54) is 5.56 Å². The molecule has 0 fully saturated rings. The lowest BCUT2D eigenvalue weighted by molar-refractivity contribution is -0.115. The van der Waals surface area contributed by atoms with Crippen LogP contribution < -0.4 is 16.0 Å². The van der Waals surface area contributed by atoms with Gasteiger partial charge in [0, 0.05) is 22.0 Å². The Morgan fingerprint density at radius 2 is 1.52 bits per heavy atom. The Kier molecular flexibility index (Phi) is 8.09.